The molecule has 4 unspecified atom stereocenters. The maximum atomic E-state index is 13.7. The summed E-state index contributed by atoms with van der Waals surface area (Å²) < 4.78 is 50.1. The van der Waals surface area contributed by atoms with Crippen LogP contribution in [-0.2, 0) is 46.2 Å². The lowest BCUT2D eigenvalue weighted by Gasteiger charge is -2.25. The molecule has 10 heteroatoms. The lowest BCUT2D eigenvalue weighted by Crippen LogP contribution is -2.43. The van der Waals surface area contributed by atoms with Crippen molar-refractivity contribution in [3.05, 3.63) is 107 Å². The van der Waals surface area contributed by atoms with E-state index in [4.69, 9.17) is 24.7 Å². The van der Waals surface area contributed by atoms with Gasteiger partial charge in [0, 0.05) is 12.1 Å². The topological polar surface area (TPSA) is 114 Å². The highest BCUT2D eigenvalue weighted by molar-refractivity contribution is 5.74. The summed E-state index contributed by atoms with van der Waals surface area (Å²) in [6.45, 7) is 5.24. The Morgan fingerprint density at radius 2 is 1.67 bits per heavy atom. The largest absolute Gasteiger partial charge is 0.463 e. The minimum absolute atomic E-state index is 0.00709. The normalized spacial score (nSPS) is 23.1. The summed E-state index contributed by atoms with van der Waals surface area (Å²) in [5, 5.41) is 0. The highest BCUT2D eigenvalue weighted by Gasteiger charge is 2.50. The number of carbonyl (C=O) groups excluding carboxylic acids is 3. The molecule has 1 saturated heterocycles. The molecule has 222 valence electrons. The van der Waals surface area contributed by atoms with Crippen molar-refractivity contribution in [2.45, 2.75) is 57.0 Å². The molecule has 0 saturated carbocycles. The number of aryl methyl sites for hydroxylation is 1. The van der Waals surface area contributed by atoms with Crippen molar-refractivity contribution in [2.24, 2.45) is 11.7 Å². The standard InChI is InChI=1S/C32H33F2NO7/c1-19-6-3-7-21(12-19)16-28(37)41-31-26(18-39-27(36)15-22-8-4-10-24(33)13-22)40-30(20(2)35)32(31)42-29(38)17-23-9-5-11-25(34)14-23/h3-13,23,26,30-32H,2,14-18,35H2,1H3/t23?,26-,30?,31?,32?/m1/s1. The monoisotopic (exact) mass is 581 g/mol. The fourth-order valence-corrected chi connectivity index (χ4v) is 4.91. The van der Waals surface area contributed by atoms with Gasteiger partial charge in [0.05, 0.1) is 19.3 Å². The number of ether oxygens (including phenoxy) is 4. The molecule has 1 aliphatic carbocycles. The molecule has 1 aliphatic heterocycles. The third kappa shape index (κ3) is 8.59. The maximum Gasteiger partial charge on any atom is 0.310 e. The summed E-state index contributed by atoms with van der Waals surface area (Å²) in [5.41, 5.74) is 8.06. The van der Waals surface area contributed by atoms with Gasteiger partial charge in [-0.25, -0.2) is 8.78 Å². The number of rotatable bonds is 11. The predicted molar refractivity (Wildman–Crippen MR) is 149 cm³/mol. The molecule has 5 atom stereocenters. The first kappa shape index (κ1) is 30.6. The van der Waals surface area contributed by atoms with Gasteiger partial charge in [-0.1, -0.05) is 60.7 Å². The third-order valence-electron chi connectivity index (χ3n) is 6.83. The minimum Gasteiger partial charge on any atom is -0.463 e. The van der Waals surface area contributed by atoms with Crippen LogP contribution in [0.3, 0.4) is 0 Å². The molecule has 8 nitrogen and oxygen atoms in total. The summed E-state index contributed by atoms with van der Waals surface area (Å²) in [4.78, 5) is 38.5. The van der Waals surface area contributed by atoms with Gasteiger partial charge in [0.25, 0.3) is 0 Å². The van der Waals surface area contributed by atoms with E-state index in [9.17, 15) is 23.2 Å². The van der Waals surface area contributed by atoms with E-state index in [-0.39, 0.29) is 43.8 Å². The molecule has 0 bridgehead atoms. The van der Waals surface area contributed by atoms with Gasteiger partial charge in [-0.2, -0.15) is 0 Å². The van der Waals surface area contributed by atoms with Crippen molar-refractivity contribution in [3.63, 3.8) is 0 Å². The summed E-state index contributed by atoms with van der Waals surface area (Å²) >= 11 is 0. The molecule has 0 aromatic heterocycles. The Hall–Kier alpha value is -4.31. The van der Waals surface area contributed by atoms with Crippen molar-refractivity contribution < 1.29 is 42.1 Å². The van der Waals surface area contributed by atoms with E-state index in [1.54, 1.807) is 18.2 Å². The Morgan fingerprint density at radius 3 is 2.36 bits per heavy atom. The molecule has 1 heterocycles. The van der Waals surface area contributed by atoms with Crippen LogP contribution in [-0.4, -0.2) is 48.9 Å². The van der Waals surface area contributed by atoms with Gasteiger partial charge in [-0.05, 0) is 42.2 Å². The number of benzene rings is 2. The van der Waals surface area contributed by atoms with E-state index < -0.39 is 54.1 Å². The average molecular weight is 582 g/mol. The second kappa shape index (κ2) is 14.0. The maximum absolute atomic E-state index is 13.7. The zero-order valence-corrected chi connectivity index (χ0v) is 23.2. The van der Waals surface area contributed by atoms with E-state index in [0.29, 0.717) is 11.1 Å². The Kier molecular flexibility index (Phi) is 10.2. The van der Waals surface area contributed by atoms with Crippen LogP contribution in [0.1, 0.15) is 29.5 Å². The zero-order valence-electron chi connectivity index (χ0n) is 23.2. The van der Waals surface area contributed by atoms with Crippen LogP contribution in [0.15, 0.2) is 84.9 Å². The van der Waals surface area contributed by atoms with Crippen molar-refractivity contribution in [1.82, 2.24) is 0 Å². The molecule has 0 radical (unpaired) electrons. The second-order valence-electron chi connectivity index (χ2n) is 10.4. The fraction of sp³-hybridized carbons (Fsp3) is 0.344. The lowest BCUT2D eigenvalue weighted by molar-refractivity contribution is -0.168. The molecular formula is C32H33F2NO7. The van der Waals surface area contributed by atoms with Crippen LogP contribution in [0.25, 0.3) is 0 Å². The lowest BCUT2D eigenvalue weighted by atomic mass is 9.96. The number of hydrogen-bond acceptors (Lipinski definition) is 8. The van der Waals surface area contributed by atoms with E-state index in [1.807, 2.05) is 25.1 Å². The van der Waals surface area contributed by atoms with Crippen molar-refractivity contribution in [2.75, 3.05) is 6.61 Å². The van der Waals surface area contributed by atoms with Gasteiger partial charge in [-0.15, -0.1) is 0 Å². The molecule has 4 rings (SSSR count). The van der Waals surface area contributed by atoms with Crippen LogP contribution in [0.5, 0.6) is 0 Å². The van der Waals surface area contributed by atoms with Gasteiger partial charge < -0.3 is 24.7 Å². The third-order valence-corrected chi connectivity index (χ3v) is 6.83. The van der Waals surface area contributed by atoms with Gasteiger partial charge in [0.2, 0.25) is 0 Å². The highest BCUT2D eigenvalue weighted by atomic mass is 19.1. The minimum atomic E-state index is -1.20. The first-order chi connectivity index (χ1) is 20.1. The summed E-state index contributed by atoms with van der Waals surface area (Å²) in [6.07, 6.45) is -0.311. The van der Waals surface area contributed by atoms with Crippen LogP contribution in [0, 0.1) is 18.7 Å². The zero-order chi connectivity index (χ0) is 30.2. The Balaban J connectivity index is 1.48. The molecule has 2 N–H and O–H groups in total. The van der Waals surface area contributed by atoms with Crippen molar-refractivity contribution in [3.8, 4) is 0 Å². The van der Waals surface area contributed by atoms with E-state index in [2.05, 4.69) is 6.58 Å². The summed E-state index contributed by atoms with van der Waals surface area (Å²) in [6, 6.07) is 12.9. The summed E-state index contributed by atoms with van der Waals surface area (Å²) in [5.74, 6) is -3.23. The van der Waals surface area contributed by atoms with Crippen molar-refractivity contribution >= 4 is 17.9 Å². The van der Waals surface area contributed by atoms with Crippen molar-refractivity contribution in [1.29, 1.82) is 0 Å². The van der Waals surface area contributed by atoms with Crippen LogP contribution < -0.4 is 5.73 Å². The number of carbonyl (C=O) groups is 3. The Morgan fingerprint density at radius 1 is 0.976 bits per heavy atom. The number of allylic oxidation sites excluding steroid dienone is 4. The fourth-order valence-electron chi connectivity index (χ4n) is 4.91. The molecule has 42 heavy (non-hydrogen) atoms. The summed E-state index contributed by atoms with van der Waals surface area (Å²) in [7, 11) is 0. The number of hydrogen-bond donors (Lipinski definition) is 1. The smallest absolute Gasteiger partial charge is 0.310 e. The van der Waals surface area contributed by atoms with Gasteiger partial charge in [0.15, 0.2) is 12.2 Å². The van der Waals surface area contributed by atoms with E-state index >= 15 is 0 Å². The van der Waals surface area contributed by atoms with Gasteiger partial charge in [0.1, 0.15) is 30.5 Å². The van der Waals surface area contributed by atoms with E-state index in [0.717, 1.165) is 5.56 Å². The van der Waals surface area contributed by atoms with Crippen LogP contribution >= 0.6 is 0 Å². The van der Waals surface area contributed by atoms with Crippen LogP contribution in [0.4, 0.5) is 8.78 Å². The number of halogens is 2. The highest BCUT2D eigenvalue weighted by Crippen LogP contribution is 2.31. The van der Waals surface area contributed by atoms with Gasteiger partial charge >= 0.3 is 17.9 Å². The molecule has 2 aliphatic rings. The molecule has 2 aromatic carbocycles. The van der Waals surface area contributed by atoms with E-state index in [1.165, 1.54) is 30.4 Å². The molecule has 1 fully saturated rings. The first-order valence-corrected chi connectivity index (χ1v) is 13.5. The first-order valence-electron chi connectivity index (χ1n) is 13.5. The van der Waals surface area contributed by atoms with Gasteiger partial charge in [-0.3, -0.25) is 14.4 Å². The van der Waals surface area contributed by atoms with Crippen LogP contribution in [0.2, 0.25) is 0 Å². The second-order valence-corrected chi connectivity index (χ2v) is 10.4. The molecular weight excluding hydrogens is 548 g/mol. The molecule has 2 aromatic rings. The molecule has 0 spiro atoms. The number of nitrogens with two attached hydrogens (primary N) is 1. The molecule has 0 amide bonds. The Bertz CT molecular complexity index is 1390. The average Bonchev–Trinajstić information content (AvgIpc) is 3.24. The number of esters is 3. The SMILES string of the molecule is C=C(N)C1O[C@H](COC(=O)Cc2cccc(F)c2)C(OC(=O)Cc2cccc(C)c2)C1OC(=O)CC1C=CC=C(F)C1. The Labute approximate surface area is 242 Å². The quantitative estimate of drug-likeness (QED) is 0.308. The predicted octanol–water partition coefficient (Wildman–Crippen LogP) is 4.35.